The van der Waals surface area contributed by atoms with Crippen molar-refractivity contribution in [2.45, 2.75) is 13.8 Å². The first kappa shape index (κ1) is 12.4. The van der Waals surface area contributed by atoms with Crippen LogP contribution in [0.4, 0.5) is 0 Å². The van der Waals surface area contributed by atoms with Crippen LogP contribution in [0.3, 0.4) is 0 Å². The Morgan fingerprint density at radius 3 is 2.00 bits per heavy atom. The summed E-state index contributed by atoms with van der Waals surface area (Å²) >= 11 is 0. The molecule has 74 valence electrons. The molecule has 0 spiro atoms. The van der Waals surface area contributed by atoms with E-state index in [1.807, 2.05) is 32.1 Å². The van der Waals surface area contributed by atoms with Crippen LogP contribution in [0.2, 0.25) is 0 Å². The maximum Gasteiger partial charge on any atom is -0.0233 e. The first-order valence-electron chi connectivity index (χ1n) is 4.50. The fourth-order valence-corrected chi connectivity index (χ4v) is 0.874. The Balaban J connectivity index is 4.56. The Morgan fingerprint density at radius 2 is 1.57 bits per heavy atom. The highest BCUT2D eigenvalue weighted by Gasteiger charge is 1.97. The van der Waals surface area contributed by atoms with Gasteiger partial charge in [0, 0.05) is 0 Å². The lowest BCUT2D eigenvalue weighted by atomic mass is 10.0. The molecule has 0 aliphatic heterocycles. The van der Waals surface area contributed by atoms with Gasteiger partial charge in [-0.2, -0.15) is 0 Å². The van der Waals surface area contributed by atoms with E-state index in [0.717, 1.165) is 22.3 Å². The molecule has 0 aromatic heterocycles. The first-order chi connectivity index (χ1) is 6.49. The molecule has 0 heterocycles. The van der Waals surface area contributed by atoms with E-state index in [1.54, 1.807) is 6.08 Å². The molecule has 0 rings (SSSR count). The van der Waals surface area contributed by atoms with Crippen LogP contribution in [0.1, 0.15) is 13.8 Å². The minimum absolute atomic E-state index is 0.906. The second-order valence-corrected chi connectivity index (χ2v) is 3.27. The van der Waals surface area contributed by atoms with Crippen LogP contribution in [0.5, 0.6) is 0 Å². The van der Waals surface area contributed by atoms with Crippen LogP contribution in [0.15, 0.2) is 72.9 Å². The van der Waals surface area contributed by atoms with Crippen molar-refractivity contribution in [3.8, 4) is 0 Å². The van der Waals surface area contributed by atoms with Gasteiger partial charge < -0.3 is 0 Å². The maximum absolute atomic E-state index is 3.95. The molecule has 0 N–H and O–H groups in total. The van der Waals surface area contributed by atoms with Crippen molar-refractivity contribution in [1.29, 1.82) is 0 Å². The average molecular weight is 186 g/mol. The van der Waals surface area contributed by atoms with Crippen molar-refractivity contribution in [3.63, 3.8) is 0 Å². The van der Waals surface area contributed by atoms with E-state index >= 15 is 0 Å². The molecule has 0 fully saturated rings. The summed E-state index contributed by atoms with van der Waals surface area (Å²) in [6, 6.07) is 0. The zero-order valence-corrected chi connectivity index (χ0v) is 9.14. The number of hydrogen-bond donors (Lipinski definition) is 0. The molecule has 0 amide bonds. The molecule has 0 bridgehead atoms. The zero-order chi connectivity index (χ0) is 11.1. The third-order valence-electron chi connectivity index (χ3n) is 1.80. The third kappa shape index (κ3) is 4.46. The van der Waals surface area contributed by atoms with E-state index < -0.39 is 0 Å². The molecule has 0 radical (unpaired) electrons. The van der Waals surface area contributed by atoms with Gasteiger partial charge in [0.15, 0.2) is 0 Å². The van der Waals surface area contributed by atoms with Gasteiger partial charge in [-0.1, -0.05) is 56.2 Å². The highest BCUT2D eigenvalue weighted by atomic mass is 14.0. The van der Waals surface area contributed by atoms with Crippen LogP contribution in [0, 0.1) is 0 Å². The van der Waals surface area contributed by atoms with Crippen molar-refractivity contribution in [3.05, 3.63) is 72.9 Å². The van der Waals surface area contributed by atoms with Crippen molar-refractivity contribution in [2.24, 2.45) is 0 Å². The van der Waals surface area contributed by atoms with Gasteiger partial charge in [0.05, 0.1) is 0 Å². The van der Waals surface area contributed by atoms with E-state index in [-0.39, 0.29) is 0 Å². The molecular formula is C14H18. The highest BCUT2D eigenvalue weighted by Crippen LogP contribution is 2.16. The number of hydrogen-bond acceptors (Lipinski definition) is 0. The molecule has 0 aliphatic carbocycles. The van der Waals surface area contributed by atoms with Crippen LogP contribution in [-0.4, -0.2) is 0 Å². The standard InChI is InChI=1S/C14H18/c1-7-8-12(4)14(6)13(5)10-9-11(2)3/h7-10H,1-2,5-6H2,3-4H3/b10-9-,12-8-. The minimum atomic E-state index is 0.906. The summed E-state index contributed by atoms with van der Waals surface area (Å²) in [5, 5.41) is 0. The van der Waals surface area contributed by atoms with Crippen LogP contribution in [-0.2, 0) is 0 Å². The summed E-state index contributed by atoms with van der Waals surface area (Å²) in [5.41, 5.74) is 3.92. The van der Waals surface area contributed by atoms with Gasteiger partial charge in [0.25, 0.3) is 0 Å². The fraction of sp³-hybridized carbons (Fsp3) is 0.143. The lowest BCUT2D eigenvalue weighted by Crippen LogP contribution is -1.85. The maximum atomic E-state index is 3.95. The smallest absolute Gasteiger partial charge is 0.0233 e. The monoisotopic (exact) mass is 186 g/mol. The second-order valence-electron chi connectivity index (χ2n) is 3.27. The van der Waals surface area contributed by atoms with E-state index in [0.29, 0.717) is 0 Å². The highest BCUT2D eigenvalue weighted by molar-refractivity contribution is 5.49. The zero-order valence-electron chi connectivity index (χ0n) is 9.14. The van der Waals surface area contributed by atoms with Crippen molar-refractivity contribution in [2.75, 3.05) is 0 Å². The van der Waals surface area contributed by atoms with E-state index in [9.17, 15) is 0 Å². The van der Waals surface area contributed by atoms with Crippen molar-refractivity contribution in [1.82, 2.24) is 0 Å². The van der Waals surface area contributed by atoms with Crippen LogP contribution >= 0.6 is 0 Å². The Hall–Kier alpha value is -1.56. The summed E-state index contributed by atoms with van der Waals surface area (Å²) in [6.45, 7) is 19.2. The van der Waals surface area contributed by atoms with Gasteiger partial charge in [-0.05, 0) is 30.6 Å². The van der Waals surface area contributed by atoms with E-state index in [2.05, 4.69) is 26.3 Å². The first-order valence-corrected chi connectivity index (χ1v) is 4.50. The van der Waals surface area contributed by atoms with Gasteiger partial charge in [-0.15, -0.1) is 0 Å². The molecule has 0 saturated carbocycles. The van der Waals surface area contributed by atoms with Crippen LogP contribution in [0.25, 0.3) is 0 Å². The SMILES string of the molecule is C=C/C=C(/C)C(=C)C(=C)/C=C\C(=C)C. The third-order valence-corrected chi connectivity index (χ3v) is 1.80. The lowest BCUT2D eigenvalue weighted by molar-refractivity contribution is 1.39. The Morgan fingerprint density at radius 1 is 1.00 bits per heavy atom. The molecule has 0 saturated heterocycles. The van der Waals surface area contributed by atoms with Gasteiger partial charge in [0.1, 0.15) is 0 Å². The number of rotatable bonds is 5. The fourth-order valence-electron chi connectivity index (χ4n) is 0.874. The second kappa shape index (κ2) is 5.98. The van der Waals surface area contributed by atoms with Crippen molar-refractivity contribution >= 4 is 0 Å². The predicted molar refractivity (Wildman–Crippen MR) is 66.2 cm³/mol. The quantitative estimate of drug-likeness (QED) is 0.559. The molecule has 0 heteroatoms. The summed E-state index contributed by atoms with van der Waals surface area (Å²) in [6.07, 6.45) is 7.51. The largest absolute Gasteiger partial charge is 0.0991 e. The predicted octanol–water partition coefficient (Wildman–Crippen LogP) is 4.36. The van der Waals surface area contributed by atoms with Gasteiger partial charge in [-0.25, -0.2) is 0 Å². The van der Waals surface area contributed by atoms with Gasteiger partial charge in [0.2, 0.25) is 0 Å². The Bertz CT molecular complexity index is 322. The number of allylic oxidation sites excluding steroid dienone is 8. The molecule has 0 aliphatic rings. The van der Waals surface area contributed by atoms with Crippen molar-refractivity contribution < 1.29 is 0 Å². The minimum Gasteiger partial charge on any atom is -0.0991 e. The van der Waals surface area contributed by atoms with E-state index in [4.69, 9.17) is 0 Å². The van der Waals surface area contributed by atoms with Crippen LogP contribution < -0.4 is 0 Å². The summed E-state index contributed by atoms with van der Waals surface area (Å²) < 4.78 is 0. The topological polar surface area (TPSA) is 0 Å². The summed E-state index contributed by atoms with van der Waals surface area (Å²) in [7, 11) is 0. The normalized spacial score (nSPS) is 11.4. The Labute approximate surface area is 87.3 Å². The molecule has 0 aromatic carbocycles. The summed E-state index contributed by atoms with van der Waals surface area (Å²) in [4.78, 5) is 0. The Kier molecular flexibility index (Phi) is 5.31. The van der Waals surface area contributed by atoms with E-state index in [1.165, 1.54) is 0 Å². The average Bonchev–Trinajstić information content (AvgIpc) is 2.13. The molecule has 0 atom stereocenters. The molecule has 14 heavy (non-hydrogen) atoms. The summed E-state index contributed by atoms with van der Waals surface area (Å²) in [5.74, 6) is 0. The molecular weight excluding hydrogens is 168 g/mol. The molecule has 0 nitrogen and oxygen atoms in total. The van der Waals surface area contributed by atoms with Gasteiger partial charge in [-0.3, -0.25) is 0 Å². The molecule has 0 unspecified atom stereocenters. The van der Waals surface area contributed by atoms with Gasteiger partial charge >= 0.3 is 0 Å². The lowest BCUT2D eigenvalue weighted by Gasteiger charge is -2.04. The molecule has 0 aromatic rings.